The molecular formula is C36H34O7S2. The molecule has 0 amide bonds. The van der Waals surface area contributed by atoms with Crippen LogP contribution in [0.2, 0.25) is 0 Å². The van der Waals surface area contributed by atoms with Crippen molar-refractivity contribution >= 4 is 33.5 Å². The van der Waals surface area contributed by atoms with Crippen molar-refractivity contribution in [3.8, 4) is 28.0 Å². The lowest BCUT2D eigenvalue weighted by atomic mass is 10.1. The smallest absolute Gasteiger partial charge is 0.333 e. The van der Waals surface area contributed by atoms with E-state index in [2.05, 4.69) is 13.2 Å². The van der Waals surface area contributed by atoms with Crippen molar-refractivity contribution in [3.05, 3.63) is 121 Å². The second kappa shape index (κ2) is 15.4. The summed E-state index contributed by atoms with van der Waals surface area (Å²) in [6, 6.07) is 28.9. The second-order valence-electron chi connectivity index (χ2n) is 10.1. The number of hydrogen-bond acceptors (Lipinski definition) is 8. The van der Waals surface area contributed by atoms with Gasteiger partial charge in [0.1, 0.15) is 25.6 Å². The van der Waals surface area contributed by atoms with Crippen LogP contribution in [0.4, 0.5) is 0 Å². The monoisotopic (exact) mass is 642 g/mol. The highest BCUT2D eigenvalue weighted by Gasteiger charge is 2.18. The molecule has 0 aliphatic carbocycles. The number of benzene rings is 4. The zero-order valence-electron chi connectivity index (χ0n) is 25.2. The number of thioether (sulfide) groups is 1. The van der Waals surface area contributed by atoms with E-state index in [1.54, 1.807) is 86.3 Å². The van der Waals surface area contributed by atoms with Crippen LogP contribution >= 0.6 is 11.8 Å². The van der Waals surface area contributed by atoms with Gasteiger partial charge in [0.25, 0.3) is 0 Å². The number of carbonyl (C=O) groups is 2. The Kier molecular flexibility index (Phi) is 11.4. The predicted octanol–water partition coefficient (Wildman–Crippen LogP) is 7.56. The van der Waals surface area contributed by atoms with Crippen LogP contribution in [0.15, 0.2) is 136 Å². The van der Waals surface area contributed by atoms with Gasteiger partial charge >= 0.3 is 11.9 Å². The SMILES string of the molecule is C=C(C)C(=O)OCCOc1ccc(-c2ccc(S(=O)(=O)c3ccc(-c4ccc(SCCOC(=O)C(=C)C)cc4)cc3)cc2)cc1. The van der Waals surface area contributed by atoms with Gasteiger partial charge in [-0.15, -0.1) is 11.8 Å². The predicted molar refractivity (Wildman–Crippen MR) is 177 cm³/mol. The highest BCUT2D eigenvalue weighted by Crippen LogP contribution is 2.29. The van der Waals surface area contributed by atoms with Crippen LogP contribution in [0.3, 0.4) is 0 Å². The first-order chi connectivity index (χ1) is 21.5. The molecule has 0 bridgehead atoms. The topological polar surface area (TPSA) is 96.0 Å². The molecule has 0 saturated carbocycles. The summed E-state index contributed by atoms with van der Waals surface area (Å²) in [7, 11) is -3.71. The van der Waals surface area contributed by atoms with Gasteiger partial charge in [-0.2, -0.15) is 0 Å². The van der Waals surface area contributed by atoms with Gasteiger partial charge in [-0.3, -0.25) is 0 Å². The summed E-state index contributed by atoms with van der Waals surface area (Å²) >= 11 is 1.58. The molecule has 0 fully saturated rings. The summed E-state index contributed by atoms with van der Waals surface area (Å²) in [6.45, 7) is 10.9. The van der Waals surface area contributed by atoms with Crippen molar-refractivity contribution in [1.29, 1.82) is 0 Å². The summed E-state index contributed by atoms with van der Waals surface area (Å²) in [6.07, 6.45) is 0. The molecule has 0 aliphatic heterocycles. The second-order valence-corrected chi connectivity index (χ2v) is 13.2. The minimum Gasteiger partial charge on any atom is -0.490 e. The fraction of sp³-hybridized carbons (Fsp3) is 0.167. The first kappa shape index (κ1) is 33.3. The van der Waals surface area contributed by atoms with Gasteiger partial charge in [0.15, 0.2) is 0 Å². The summed E-state index contributed by atoms with van der Waals surface area (Å²) in [5.74, 6) is 0.416. The molecule has 0 aliphatic rings. The standard InChI is InChI=1S/C36H34O7S2/c1-25(2)35(37)42-22-21-41-31-13-5-27(6-14-31)29-9-17-33(18-10-29)45(39,40)34-19-11-30(12-20-34)28-7-15-32(16-8-28)44-24-23-43-36(38)26(3)4/h5-20H,1,3,21-24H2,2,4H3. The normalized spacial score (nSPS) is 11.0. The van der Waals surface area contributed by atoms with Crippen LogP contribution in [0.1, 0.15) is 13.8 Å². The van der Waals surface area contributed by atoms with E-state index in [0.717, 1.165) is 27.1 Å². The van der Waals surface area contributed by atoms with Crippen molar-refractivity contribution in [1.82, 2.24) is 0 Å². The highest BCUT2D eigenvalue weighted by atomic mass is 32.2. The van der Waals surface area contributed by atoms with Crippen molar-refractivity contribution < 1.29 is 32.2 Å². The molecule has 0 radical (unpaired) electrons. The number of rotatable bonds is 14. The molecule has 4 aromatic rings. The Morgan fingerprint density at radius 3 is 1.44 bits per heavy atom. The maximum Gasteiger partial charge on any atom is 0.333 e. The van der Waals surface area contributed by atoms with Gasteiger partial charge in [0.2, 0.25) is 9.84 Å². The Labute approximate surface area is 268 Å². The summed E-state index contributed by atoms with van der Waals surface area (Å²) < 4.78 is 42.4. The van der Waals surface area contributed by atoms with E-state index in [9.17, 15) is 18.0 Å². The van der Waals surface area contributed by atoms with Gasteiger partial charge in [0, 0.05) is 21.8 Å². The van der Waals surface area contributed by atoms with Gasteiger partial charge in [-0.25, -0.2) is 18.0 Å². The Morgan fingerprint density at radius 2 is 1.00 bits per heavy atom. The van der Waals surface area contributed by atoms with E-state index < -0.39 is 15.8 Å². The first-order valence-electron chi connectivity index (χ1n) is 14.1. The third kappa shape index (κ3) is 9.20. The third-order valence-corrected chi connectivity index (χ3v) is 9.33. The quantitative estimate of drug-likeness (QED) is 0.0602. The summed E-state index contributed by atoms with van der Waals surface area (Å²) in [5, 5.41) is 0. The Balaban J connectivity index is 1.33. The van der Waals surface area contributed by atoms with Crippen LogP contribution in [-0.2, 0) is 28.9 Å². The average molecular weight is 643 g/mol. The number of esters is 2. The number of carbonyl (C=O) groups excluding carboxylic acids is 2. The van der Waals surface area contributed by atoms with Crippen LogP contribution in [0, 0.1) is 0 Å². The summed E-state index contributed by atoms with van der Waals surface area (Å²) in [5.41, 5.74) is 4.34. The van der Waals surface area contributed by atoms with E-state index >= 15 is 0 Å². The lowest BCUT2D eigenvalue weighted by Crippen LogP contribution is -2.12. The third-order valence-electron chi connectivity index (χ3n) is 6.57. The number of sulfone groups is 1. The minimum atomic E-state index is -3.71. The average Bonchev–Trinajstić information content (AvgIpc) is 3.05. The zero-order valence-corrected chi connectivity index (χ0v) is 26.8. The molecule has 0 N–H and O–H groups in total. The molecule has 0 unspecified atom stereocenters. The van der Waals surface area contributed by atoms with Crippen molar-refractivity contribution in [2.45, 2.75) is 28.5 Å². The van der Waals surface area contributed by atoms with Crippen LogP contribution in [0.25, 0.3) is 22.3 Å². The zero-order chi connectivity index (χ0) is 32.4. The Bertz CT molecular complexity index is 1630. The molecule has 0 saturated heterocycles. The van der Waals surface area contributed by atoms with Crippen LogP contribution in [-0.4, -0.2) is 45.9 Å². The largest absolute Gasteiger partial charge is 0.490 e. The molecule has 0 aromatic heterocycles. The van der Waals surface area contributed by atoms with Gasteiger partial charge < -0.3 is 14.2 Å². The number of hydrogen-bond donors (Lipinski definition) is 0. The van der Waals surface area contributed by atoms with E-state index in [1.807, 2.05) is 36.4 Å². The Hall–Kier alpha value is -4.60. The molecule has 7 nitrogen and oxygen atoms in total. The van der Waals surface area contributed by atoms with Crippen molar-refractivity contribution in [2.24, 2.45) is 0 Å². The lowest BCUT2D eigenvalue weighted by Gasteiger charge is -2.10. The van der Waals surface area contributed by atoms with E-state index in [-0.39, 0.29) is 29.0 Å². The molecule has 0 atom stereocenters. The van der Waals surface area contributed by atoms with Crippen molar-refractivity contribution in [3.63, 3.8) is 0 Å². The van der Waals surface area contributed by atoms with Gasteiger partial charge in [-0.05, 0) is 84.6 Å². The van der Waals surface area contributed by atoms with E-state index in [4.69, 9.17) is 14.2 Å². The molecule has 4 aromatic carbocycles. The number of ether oxygens (including phenoxy) is 3. The lowest BCUT2D eigenvalue weighted by molar-refractivity contribution is -0.140. The molecular weight excluding hydrogens is 609 g/mol. The van der Waals surface area contributed by atoms with Gasteiger partial charge in [-0.1, -0.05) is 61.7 Å². The fourth-order valence-corrected chi connectivity index (χ4v) is 6.10. The maximum absolute atomic E-state index is 13.3. The van der Waals surface area contributed by atoms with E-state index in [1.165, 1.54) is 0 Å². The van der Waals surface area contributed by atoms with E-state index in [0.29, 0.717) is 29.3 Å². The van der Waals surface area contributed by atoms with Crippen LogP contribution < -0.4 is 4.74 Å². The van der Waals surface area contributed by atoms with Gasteiger partial charge in [0.05, 0.1) is 9.79 Å². The summed E-state index contributed by atoms with van der Waals surface area (Å²) in [4.78, 5) is 24.4. The first-order valence-corrected chi connectivity index (χ1v) is 16.6. The molecule has 0 heterocycles. The van der Waals surface area contributed by atoms with Crippen molar-refractivity contribution in [2.75, 3.05) is 25.6 Å². The fourth-order valence-electron chi connectivity index (χ4n) is 4.11. The molecule has 9 heteroatoms. The minimum absolute atomic E-state index is 0.122. The molecule has 232 valence electrons. The Morgan fingerprint density at radius 1 is 0.600 bits per heavy atom. The van der Waals surface area contributed by atoms with Crippen LogP contribution in [0.5, 0.6) is 5.75 Å². The molecule has 4 rings (SSSR count). The molecule has 45 heavy (non-hydrogen) atoms. The molecule has 0 spiro atoms. The maximum atomic E-state index is 13.3. The highest BCUT2D eigenvalue weighted by molar-refractivity contribution is 7.99.